The van der Waals surface area contributed by atoms with Gasteiger partial charge in [0, 0.05) is 19.6 Å². The van der Waals surface area contributed by atoms with E-state index >= 15 is 0 Å². The van der Waals surface area contributed by atoms with E-state index < -0.39 is 11.7 Å². The van der Waals surface area contributed by atoms with E-state index in [4.69, 9.17) is 9.47 Å². The first kappa shape index (κ1) is 22.2. The number of halogens is 1. The summed E-state index contributed by atoms with van der Waals surface area (Å²) in [5.74, 6) is 0.846. The SMILES string of the molecule is O[C@H]1CCN(Cc2cccc(OCCn3cncn3)c2)C[C@]1(O)COc1ccc(F)cc1. The third-order valence-corrected chi connectivity index (χ3v) is 5.50. The Hall–Kier alpha value is -3.01. The Morgan fingerprint density at radius 3 is 2.75 bits per heavy atom. The molecule has 2 aromatic carbocycles. The number of benzene rings is 2. The molecule has 0 amide bonds. The molecule has 1 aliphatic rings. The Labute approximate surface area is 185 Å². The summed E-state index contributed by atoms with van der Waals surface area (Å²) < 4.78 is 26.2. The van der Waals surface area contributed by atoms with Gasteiger partial charge in [0.2, 0.25) is 0 Å². The molecule has 4 rings (SSSR count). The van der Waals surface area contributed by atoms with Gasteiger partial charge in [0.05, 0.1) is 12.6 Å². The van der Waals surface area contributed by atoms with Gasteiger partial charge in [0.1, 0.15) is 48.8 Å². The number of ether oxygens (including phenoxy) is 2. The largest absolute Gasteiger partial charge is 0.492 e. The number of likely N-dealkylation sites (tertiary alicyclic amines) is 1. The summed E-state index contributed by atoms with van der Waals surface area (Å²) in [6, 6.07) is 13.4. The van der Waals surface area contributed by atoms with Crippen LogP contribution < -0.4 is 9.47 Å². The summed E-state index contributed by atoms with van der Waals surface area (Å²) in [6.45, 7) is 2.51. The first-order chi connectivity index (χ1) is 15.5. The van der Waals surface area contributed by atoms with E-state index in [-0.39, 0.29) is 19.0 Å². The number of piperidine rings is 1. The fourth-order valence-corrected chi connectivity index (χ4v) is 3.76. The van der Waals surface area contributed by atoms with Crippen molar-refractivity contribution in [2.75, 3.05) is 26.3 Å². The van der Waals surface area contributed by atoms with Gasteiger partial charge in [0.25, 0.3) is 0 Å². The standard InChI is InChI=1S/C23H27FN4O4/c24-19-4-6-20(7-5-19)32-15-23(30)14-27(9-8-22(23)29)13-18-2-1-3-21(12-18)31-11-10-28-17-25-16-26-28/h1-7,12,16-17,22,29-30H,8-11,13-15H2/t22-,23-/m0/s1. The van der Waals surface area contributed by atoms with Crippen LogP contribution in [0.15, 0.2) is 61.2 Å². The molecule has 1 aliphatic heterocycles. The number of aromatic nitrogens is 3. The van der Waals surface area contributed by atoms with E-state index in [0.29, 0.717) is 38.4 Å². The van der Waals surface area contributed by atoms with Crippen molar-refractivity contribution in [3.05, 3.63) is 72.6 Å². The molecule has 0 aliphatic carbocycles. The zero-order valence-corrected chi connectivity index (χ0v) is 17.7. The molecule has 0 radical (unpaired) electrons. The second-order valence-electron chi connectivity index (χ2n) is 8.02. The van der Waals surface area contributed by atoms with Crippen LogP contribution in [0, 0.1) is 5.82 Å². The highest BCUT2D eigenvalue weighted by molar-refractivity contribution is 5.28. The highest BCUT2D eigenvalue weighted by Gasteiger charge is 2.42. The number of hydrogen-bond acceptors (Lipinski definition) is 7. The lowest BCUT2D eigenvalue weighted by atomic mass is 9.90. The second kappa shape index (κ2) is 10.1. The molecule has 2 atom stereocenters. The van der Waals surface area contributed by atoms with Gasteiger partial charge in [-0.3, -0.25) is 4.90 Å². The minimum atomic E-state index is -1.42. The fraction of sp³-hybridized carbons (Fsp3) is 0.391. The molecule has 3 aromatic rings. The van der Waals surface area contributed by atoms with Gasteiger partial charge in [-0.15, -0.1) is 0 Å². The molecule has 0 spiro atoms. The zero-order chi connectivity index (χ0) is 22.4. The van der Waals surface area contributed by atoms with Crippen LogP contribution in [0.5, 0.6) is 11.5 Å². The molecule has 2 N–H and O–H groups in total. The molecule has 1 fully saturated rings. The van der Waals surface area contributed by atoms with Gasteiger partial charge >= 0.3 is 0 Å². The Morgan fingerprint density at radius 1 is 1.12 bits per heavy atom. The Bertz CT molecular complexity index is 986. The fourth-order valence-electron chi connectivity index (χ4n) is 3.76. The monoisotopic (exact) mass is 442 g/mol. The third-order valence-electron chi connectivity index (χ3n) is 5.50. The molecule has 0 saturated carbocycles. The van der Waals surface area contributed by atoms with E-state index in [1.807, 2.05) is 24.3 Å². The van der Waals surface area contributed by atoms with Crippen LogP contribution in [0.2, 0.25) is 0 Å². The molecule has 9 heteroatoms. The van der Waals surface area contributed by atoms with E-state index in [9.17, 15) is 14.6 Å². The van der Waals surface area contributed by atoms with Crippen molar-refractivity contribution in [3.63, 3.8) is 0 Å². The van der Waals surface area contributed by atoms with Crippen molar-refractivity contribution in [1.82, 2.24) is 19.7 Å². The smallest absolute Gasteiger partial charge is 0.137 e. The average Bonchev–Trinajstić information content (AvgIpc) is 3.30. The van der Waals surface area contributed by atoms with E-state index in [2.05, 4.69) is 15.0 Å². The topological polar surface area (TPSA) is 92.9 Å². The van der Waals surface area contributed by atoms with Gasteiger partial charge in [-0.05, 0) is 48.4 Å². The van der Waals surface area contributed by atoms with Gasteiger partial charge in [0.15, 0.2) is 0 Å². The molecule has 32 heavy (non-hydrogen) atoms. The summed E-state index contributed by atoms with van der Waals surface area (Å²) in [6.07, 6.45) is 2.66. The molecule has 1 saturated heterocycles. The van der Waals surface area contributed by atoms with Crippen molar-refractivity contribution in [2.24, 2.45) is 0 Å². The lowest BCUT2D eigenvalue weighted by molar-refractivity contribution is -0.140. The summed E-state index contributed by atoms with van der Waals surface area (Å²) in [5, 5.41) is 25.5. The van der Waals surface area contributed by atoms with E-state index in [0.717, 1.165) is 11.3 Å². The normalized spacial score (nSPS) is 21.4. The molecular formula is C23H27FN4O4. The molecule has 2 heterocycles. The summed E-state index contributed by atoms with van der Waals surface area (Å²) >= 11 is 0. The van der Waals surface area contributed by atoms with Crippen LogP contribution in [0.1, 0.15) is 12.0 Å². The van der Waals surface area contributed by atoms with Crippen LogP contribution in [-0.2, 0) is 13.1 Å². The van der Waals surface area contributed by atoms with Crippen LogP contribution in [0.4, 0.5) is 4.39 Å². The second-order valence-corrected chi connectivity index (χ2v) is 8.02. The minimum absolute atomic E-state index is 0.0816. The van der Waals surface area contributed by atoms with Crippen LogP contribution >= 0.6 is 0 Å². The number of aliphatic hydroxyl groups excluding tert-OH is 1. The minimum Gasteiger partial charge on any atom is -0.492 e. The maximum Gasteiger partial charge on any atom is 0.137 e. The van der Waals surface area contributed by atoms with Crippen molar-refractivity contribution in [3.8, 4) is 11.5 Å². The van der Waals surface area contributed by atoms with Crippen molar-refractivity contribution in [2.45, 2.75) is 31.2 Å². The first-order valence-electron chi connectivity index (χ1n) is 10.6. The predicted molar refractivity (Wildman–Crippen MR) is 115 cm³/mol. The number of β-amino-alcohol motifs (C(OH)–C–C–N with tert-alkyl or cyclic N) is 1. The summed E-state index contributed by atoms with van der Waals surface area (Å²) in [4.78, 5) is 5.98. The van der Waals surface area contributed by atoms with Crippen LogP contribution in [-0.4, -0.2) is 67.9 Å². The Morgan fingerprint density at radius 2 is 1.97 bits per heavy atom. The van der Waals surface area contributed by atoms with Crippen molar-refractivity contribution < 1.29 is 24.1 Å². The van der Waals surface area contributed by atoms with Crippen LogP contribution in [0.25, 0.3) is 0 Å². The molecule has 170 valence electrons. The maximum atomic E-state index is 13.1. The van der Waals surface area contributed by atoms with Gasteiger partial charge < -0.3 is 19.7 Å². The maximum absolute atomic E-state index is 13.1. The highest BCUT2D eigenvalue weighted by atomic mass is 19.1. The number of hydrogen-bond donors (Lipinski definition) is 2. The number of aliphatic hydroxyl groups is 2. The van der Waals surface area contributed by atoms with Gasteiger partial charge in [-0.2, -0.15) is 5.10 Å². The molecule has 1 aromatic heterocycles. The first-order valence-corrected chi connectivity index (χ1v) is 10.6. The van der Waals surface area contributed by atoms with Gasteiger partial charge in [-0.25, -0.2) is 14.1 Å². The van der Waals surface area contributed by atoms with Gasteiger partial charge in [-0.1, -0.05) is 12.1 Å². The van der Waals surface area contributed by atoms with Crippen LogP contribution in [0.3, 0.4) is 0 Å². The predicted octanol–water partition coefficient (Wildman–Crippen LogP) is 1.87. The van der Waals surface area contributed by atoms with E-state index in [1.165, 1.54) is 30.6 Å². The molecular weight excluding hydrogens is 415 g/mol. The number of nitrogens with zero attached hydrogens (tertiary/aromatic N) is 4. The third kappa shape index (κ3) is 5.82. The number of rotatable bonds is 9. The lowest BCUT2D eigenvalue weighted by Gasteiger charge is -2.42. The Kier molecular flexibility index (Phi) is 6.99. The van der Waals surface area contributed by atoms with Crippen molar-refractivity contribution >= 4 is 0 Å². The zero-order valence-electron chi connectivity index (χ0n) is 17.7. The average molecular weight is 442 g/mol. The van der Waals surface area contributed by atoms with E-state index in [1.54, 1.807) is 11.0 Å². The lowest BCUT2D eigenvalue weighted by Crippen LogP contribution is -2.59. The summed E-state index contributed by atoms with van der Waals surface area (Å²) in [5.41, 5.74) is -0.375. The summed E-state index contributed by atoms with van der Waals surface area (Å²) in [7, 11) is 0. The molecule has 0 bridgehead atoms. The molecule has 8 nitrogen and oxygen atoms in total. The highest BCUT2D eigenvalue weighted by Crippen LogP contribution is 2.26. The molecule has 0 unspecified atom stereocenters. The van der Waals surface area contributed by atoms with Crippen molar-refractivity contribution in [1.29, 1.82) is 0 Å². The Balaban J connectivity index is 1.32. The quantitative estimate of drug-likeness (QED) is 0.523.